The molecule has 0 spiro atoms. The predicted molar refractivity (Wildman–Crippen MR) is 80.3 cm³/mol. The maximum absolute atomic E-state index is 11.9. The Bertz CT molecular complexity index is 442. The van der Waals surface area contributed by atoms with Crippen molar-refractivity contribution in [2.45, 2.75) is 32.6 Å². The van der Waals surface area contributed by atoms with E-state index in [1.165, 1.54) is 0 Å². The van der Waals surface area contributed by atoms with Gasteiger partial charge in [0.25, 0.3) is 0 Å². The van der Waals surface area contributed by atoms with Gasteiger partial charge < -0.3 is 10.1 Å². The van der Waals surface area contributed by atoms with Crippen molar-refractivity contribution < 1.29 is 9.53 Å². The Morgan fingerprint density at radius 2 is 2.16 bits per heavy atom. The monoisotopic (exact) mass is 325 g/mol. The molecule has 1 fully saturated rings. The molecule has 0 atom stereocenters. The lowest BCUT2D eigenvalue weighted by Crippen LogP contribution is -2.19. The van der Waals surface area contributed by atoms with Crippen LogP contribution in [0.3, 0.4) is 0 Å². The van der Waals surface area contributed by atoms with Crippen LogP contribution in [-0.2, 0) is 9.53 Å². The van der Waals surface area contributed by atoms with Crippen molar-refractivity contribution in [3.05, 3.63) is 28.2 Å². The quantitative estimate of drug-likeness (QED) is 0.911. The third-order valence-electron chi connectivity index (χ3n) is 3.58. The third-order valence-corrected chi connectivity index (χ3v) is 4.08. The second kappa shape index (κ2) is 7.06. The molecule has 1 aliphatic heterocycles. The number of carbonyl (C=O) groups excluding carboxylic acids is 1. The predicted octanol–water partition coefficient (Wildman–Crippen LogP) is 3.90. The van der Waals surface area contributed by atoms with E-state index < -0.39 is 0 Å². The van der Waals surface area contributed by atoms with Gasteiger partial charge in [0.2, 0.25) is 5.91 Å². The van der Waals surface area contributed by atoms with Crippen LogP contribution in [0.5, 0.6) is 0 Å². The average Bonchev–Trinajstić information content (AvgIpc) is 2.41. The van der Waals surface area contributed by atoms with E-state index in [0.29, 0.717) is 12.3 Å². The zero-order valence-corrected chi connectivity index (χ0v) is 12.8. The smallest absolute Gasteiger partial charge is 0.224 e. The molecule has 0 aliphatic carbocycles. The molecule has 0 radical (unpaired) electrons. The molecule has 1 aliphatic rings. The van der Waals surface area contributed by atoms with Gasteiger partial charge in [0, 0.05) is 29.8 Å². The number of aryl methyl sites for hydroxylation is 1. The molecule has 19 heavy (non-hydrogen) atoms. The Balaban J connectivity index is 1.80. The molecule has 1 heterocycles. The maximum Gasteiger partial charge on any atom is 0.224 e. The average molecular weight is 326 g/mol. The summed E-state index contributed by atoms with van der Waals surface area (Å²) in [6.45, 7) is 3.69. The lowest BCUT2D eigenvalue weighted by atomic mass is 9.95. The first-order valence-electron chi connectivity index (χ1n) is 6.79. The molecule has 1 aromatic carbocycles. The molecule has 1 saturated heterocycles. The number of benzene rings is 1. The van der Waals surface area contributed by atoms with Crippen LogP contribution in [0.4, 0.5) is 5.69 Å². The van der Waals surface area contributed by atoms with Crippen LogP contribution < -0.4 is 5.32 Å². The second-order valence-electron chi connectivity index (χ2n) is 5.10. The fourth-order valence-corrected chi connectivity index (χ4v) is 2.83. The summed E-state index contributed by atoms with van der Waals surface area (Å²) in [5, 5.41) is 2.99. The Hall–Kier alpha value is -0.870. The number of ether oxygens (including phenoxy) is 1. The highest BCUT2D eigenvalue weighted by Gasteiger charge is 2.15. The van der Waals surface area contributed by atoms with E-state index in [1.807, 2.05) is 25.1 Å². The lowest BCUT2D eigenvalue weighted by molar-refractivity contribution is -0.116. The van der Waals surface area contributed by atoms with E-state index in [9.17, 15) is 4.79 Å². The van der Waals surface area contributed by atoms with Gasteiger partial charge in [0.05, 0.1) is 0 Å². The van der Waals surface area contributed by atoms with Crippen LogP contribution in [-0.4, -0.2) is 19.1 Å². The zero-order valence-electron chi connectivity index (χ0n) is 11.2. The van der Waals surface area contributed by atoms with Gasteiger partial charge >= 0.3 is 0 Å². The third kappa shape index (κ3) is 4.62. The van der Waals surface area contributed by atoms with Crippen molar-refractivity contribution in [2.75, 3.05) is 18.5 Å². The summed E-state index contributed by atoms with van der Waals surface area (Å²) in [6.07, 6.45) is 3.74. The van der Waals surface area contributed by atoms with E-state index in [4.69, 9.17) is 4.74 Å². The molecule has 2 rings (SSSR count). The van der Waals surface area contributed by atoms with E-state index in [-0.39, 0.29) is 5.91 Å². The number of nitrogens with one attached hydrogen (secondary N) is 1. The molecule has 0 aromatic heterocycles. The Morgan fingerprint density at radius 1 is 1.42 bits per heavy atom. The van der Waals surface area contributed by atoms with Crippen LogP contribution in [0.15, 0.2) is 22.7 Å². The molecule has 0 saturated carbocycles. The summed E-state index contributed by atoms with van der Waals surface area (Å²) in [5.74, 6) is 0.752. The Kier molecular flexibility index (Phi) is 5.40. The minimum Gasteiger partial charge on any atom is -0.381 e. The first-order chi connectivity index (χ1) is 9.15. The van der Waals surface area contributed by atoms with Gasteiger partial charge in [-0.2, -0.15) is 0 Å². The SMILES string of the molecule is Cc1cc(Br)ccc1NC(=O)CCC1CCOCC1. The van der Waals surface area contributed by atoms with Crippen LogP contribution in [0.25, 0.3) is 0 Å². The first kappa shape index (κ1) is 14.5. The van der Waals surface area contributed by atoms with Crippen molar-refractivity contribution in [1.82, 2.24) is 0 Å². The first-order valence-corrected chi connectivity index (χ1v) is 7.58. The molecule has 1 aromatic rings. The van der Waals surface area contributed by atoms with Crippen molar-refractivity contribution in [3.63, 3.8) is 0 Å². The minimum absolute atomic E-state index is 0.108. The number of carbonyl (C=O) groups is 1. The van der Waals surface area contributed by atoms with E-state index >= 15 is 0 Å². The number of halogens is 1. The Labute approximate surface area is 122 Å². The van der Waals surface area contributed by atoms with Gasteiger partial charge in [0.15, 0.2) is 0 Å². The summed E-state index contributed by atoms with van der Waals surface area (Å²) in [7, 11) is 0. The van der Waals surface area contributed by atoms with Crippen LogP contribution in [0.1, 0.15) is 31.2 Å². The topological polar surface area (TPSA) is 38.3 Å². The maximum atomic E-state index is 11.9. The number of hydrogen-bond donors (Lipinski definition) is 1. The van der Waals surface area contributed by atoms with Crippen molar-refractivity contribution >= 4 is 27.5 Å². The highest BCUT2D eigenvalue weighted by atomic mass is 79.9. The summed E-state index contributed by atoms with van der Waals surface area (Å²) < 4.78 is 6.36. The van der Waals surface area contributed by atoms with Gasteiger partial charge in [-0.15, -0.1) is 0 Å². The van der Waals surface area contributed by atoms with Crippen LogP contribution >= 0.6 is 15.9 Å². The largest absolute Gasteiger partial charge is 0.381 e. The summed E-state index contributed by atoms with van der Waals surface area (Å²) in [4.78, 5) is 11.9. The van der Waals surface area contributed by atoms with E-state index in [2.05, 4.69) is 21.2 Å². The fourth-order valence-electron chi connectivity index (χ4n) is 2.35. The Morgan fingerprint density at radius 3 is 2.84 bits per heavy atom. The minimum atomic E-state index is 0.108. The number of hydrogen-bond acceptors (Lipinski definition) is 2. The number of anilines is 1. The summed E-state index contributed by atoms with van der Waals surface area (Å²) in [6, 6.07) is 5.89. The zero-order chi connectivity index (χ0) is 13.7. The van der Waals surface area contributed by atoms with Gasteiger partial charge in [-0.1, -0.05) is 15.9 Å². The molecular weight excluding hydrogens is 306 g/mol. The van der Waals surface area contributed by atoms with Gasteiger partial charge in [-0.05, 0) is 55.9 Å². The molecular formula is C15H20BrNO2. The van der Waals surface area contributed by atoms with Crippen molar-refractivity contribution in [1.29, 1.82) is 0 Å². The normalized spacial score (nSPS) is 16.3. The molecule has 1 N–H and O–H groups in total. The van der Waals surface area contributed by atoms with Crippen LogP contribution in [0.2, 0.25) is 0 Å². The van der Waals surface area contributed by atoms with Crippen LogP contribution in [0, 0.1) is 12.8 Å². The summed E-state index contributed by atoms with van der Waals surface area (Å²) >= 11 is 3.42. The lowest BCUT2D eigenvalue weighted by Gasteiger charge is -2.21. The highest BCUT2D eigenvalue weighted by Crippen LogP contribution is 2.22. The van der Waals surface area contributed by atoms with E-state index in [0.717, 1.165) is 48.2 Å². The molecule has 0 bridgehead atoms. The highest BCUT2D eigenvalue weighted by molar-refractivity contribution is 9.10. The molecule has 0 unspecified atom stereocenters. The standard InChI is InChI=1S/C15H20BrNO2/c1-11-10-13(16)3-4-14(11)17-15(18)5-2-12-6-8-19-9-7-12/h3-4,10,12H,2,5-9H2,1H3,(H,17,18). The summed E-state index contributed by atoms with van der Waals surface area (Å²) in [5.41, 5.74) is 1.98. The fraction of sp³-hybridized carbons (Fsp3) is 0.533. The van der Waals surface area contributed by atoms with E-state index in [1.54, 1.807) is 0 Å². The number of amides is 1. The van der Waals surface area contributed by atoms with Crippen molar-refractivity contribution in [2.24, 2.45) is 5.92 Å². The van der Waals surface area contributed by atoms with Gasteiger partial charge in [0.1, 0.15) is 0 Å². The molecule has 1 amide bonds. The number of rotatable bonds is 4. The molecule has 3 nitrogen and oxygen atoms in total. The van der Waals surface area contributed by atoms with Gasteiger partial charge in [-0.3, -0.25) is 4.79 Å². The molecule has 4 heteroatoms. The second-order valence-corrected chi connectivity index (χ2v) is 6.02. The molecule has 104 valence electrons. The van der Waals surface area contributed by atoms with Gasteiger partial charge in [-0.25, -0.2) is 0 Å². The van der Waals surface area contributed by atoms with Crippen molar-refractivity contribution in [3.8, 4) is 0 Å².